The summed E-state index contributed by atoms with van der Waals surface area (Å²) in [5.41, 5.74) is 0.189. The SMILES string of the molecule is CC(C)C[C@H]1ON(C(=O)/C=C/c2cccc(=O)[nH]2)C2=CN(C3CCN(C)CC3)C(=O)[C@H](CC(C)C)N2C1=O. The van der Waals surface area contributed by atoms with E-state index in [9.17, 15) is 19.2 Å². The average Bonchev–Trinajstić information content (AvgIpc) is 2.85. The van der Waals surface area contributed by atoms with Crippen LogP contribution in [-0.4, -0.2) is 80.8 Å². The van der Waals surface area contributed by atoms with E-state index in [-0.39, 0.29) is 41.1 Å². The Labute approximate surface area is 223 Å². The number of aromatic nitrogens is 1. The minimum atomic E-state index is -0.890. The van der Waals surface area contributed by atoms with Crippen molar-refractivity contribution >= 4 is 23.8 Å². The Morgan fingerprint density at radius 2 is 1.74 bits per heavy atom. The van der Waals surface area contributed by atoms with E-state index in [0.717, 1.165) is 31.0 Å². The maximum atomic E-state index is 13.9. The van der Waals surface area contributed by atoms with Crippen molar-refractivity contribution in [2.45, 2.75) is 71.6 Å². The van der Waals surface area contributed by atoms with Gasteiger partial charge in [-0.2, -0.15) is 5.06 Å². The van der Waals surface area contributed by atoms with E-state index >= 15 is 0 Å². The summed E-state index contributed by atoms with van der Waals surface area (Å²) in [6.45, 7) is 9.73. The lowest BCUT2D eigenvalue weighted by atomic mass is 9.95. The van der Waals surface area contributed by atoms with Gasteiger partial charge in [0.05, 0.1) is 6.20 Å². The third kappa shape index (κ3) is 6.07. The fourth-order valence-electron chi connectivity index (χ4n) is 5.23. The van der Waals surface area contributed by atoms with Crippen molar-refractivity contribution in [3.63, 3.8) is 0 Å². The molecule has 2 atom stereocenters. The molecule has 0 bridgehead atoms. The van der Waals surface area contributed by atoms with Gasteiger partial charge in [-0.15, -0.1) is 0 Å². The van der Waals surface area contributed by atoms with Crippen molar-refractivity contribution in [3.05, 3.63) is 52.3 Å². The number of amides is 3. The van der Waals surface area contributed by atoms with E-state index in [4.69, 9.17) is 4.84 Å². The van der Waals surface area contributed by atoms with Crippen LogP contribution in [0.5, 0.6) is 0 Å². The highest BCUT2D eigenvalue weighted by Gasteiger charge is 2.50. The van der Waals surface area contributed by atoms with E-state index in [1.54, 1.807) is 23.2 Å². The second-order valence-corrected chi connectivity index (χ2v) is 11.3. The molecule has 38 heavy (non-hydrogen) atoms. The number of hydrogen-bond donors (Lipinski definition) is 1. The van der Waals surface area contributed by atoms with Crippen LogP contribution in [0.3, 0.4) is 0 Å². The number of rotatable bonds is 7. The lowest BCUT2D eigenvalue weighted by Gasteiger charge is -2.49. The molecular formula is C28H39N5O5. The number of H-pyrrole nitrogens is 1. The molecule has 0 unspecified atom stereocenters. The molecule has 10 nitrogen and oxygen atoms in total. The zero-order chi connectivity index (χ0) is 27.6. The van der Waals surface area contributed by atoms with Crippen LogP contribution < -0.4 is 5.56 Å². The molecule has 2 fully saturated rings. The number of likely N-dealkylation sites (tertiary alicyclic amines) is 1. The Kier molecular flexibility index (Phi) is 8.52. The molecule has 0 spiro atoms. The van der Waals surface area contributed by atoms with Gasteiger partial charge in [-0.05, 0) is 69.8 Å². The van der Waals surface area contributed by atoms with Gasteiger partial charge in [0.2, 0.25) is 11.5 Å². The molecule has 0 radical (unpaired) electrons. The number of aromatic amines is 1. The summed E-state index contributed by atoms with van der Waals surface area (Å²) in [5.74, 6) is -0.367. The lowest BCUT2D eigenvalue weighted by molar-refractivity contribution is -0.226. The molecule has 10 heteroatoms. The molecule has 1 aromatic rings. The van der Waals surface area contributed by atoms with Crippen LogP contribution in [0.2, 0.25) is 0 Å². The van der Waals surface area contributed by atoms with Gasteiger partial charge in [0.1, 0.15) is 6.04 Å². The Morgan fingerprint density at radius 3 is 2.37 bits per heavy atom. The summed E-state index contributed by atoms with van der Waals surface area (Å²) < 4.78 is 0. The summed E-state index contributed by atoms with van der Waals surface area (Å²) in [6.07, 6.45) is 6.03. The molecule has 3 aliphatic rings. The standard InChI is InChI=1S/C28H39N5O5/c1-18(2)15-22-27(36)31(21-11-13-30(5)14-12-21)17-25-32(22)28(37)23(16-19(3)4)38-33(25)26(35)10-9-20-7-6-8-24(34)29-20/h6-10,17-19,21-23H,11-16H2,1-5H3,(H,29,34)/b10-9+/t22-,23+/m0/s1. The first kappa shape index (κ1) is 27.8. The van der Waals surface area contributed by atoms with E-state index < -0.39 is 18.1 Å². The van der Waals surface area contributed by atoms with Crippen LogP contribution in [0.1, 0.15) is 59.1 Å². The third-order valence-electron chi connectivity index (χ3n) is 7.16. The van der Waals surface area contributed by atoms with Crippen molar-refractivity contribution in [1.82, 2.24) is 24.7 Å². The zero-order valence-corrected chi connectivity index (χ0v) is 22.9. The predicted octanol–water partition coefficient (Wildman–Crippen LogP) is 2.56. The monoisotopic (exact) mass is 525 g/mol. The van der Waals surface area contributed by atoms with Gasteiger partial charge in [-0.25, -0.2) is 0 Å². The topological polar surface area (TPSA) is 106 Å². The summed E-state index contributed by atoms with van der Waals surface area (Å²) in [6, 6.07) is 3.94. The number of pyridine rings is 1. The molecule has 4 rings (SSSR count). The fraction of sp³-hybridized carbons (Fsp3) is 0.571. The van der Waals surface area contributed by atoms with Gasteiger partial charge < -0.3 is 14.8 Å². The van der Waals surface area contributed by atoms with Crippen molar-refractivity contribution in [2.75, 3.05) is 20.1 Å². The quantitative estimate of drug-likeness (QED) is 0.549. The first-order valence-corrected chi connectivity index (χ1v) is 13.5. The van der Waals surface area contributed by atoms with Crippen molar-refractivity contribution in [3.8, 4) is 0 Å². The van der Waals surface area contributed by atoms with Crippen LogP contribution in [0.25, 0.3) is 6.08 Å². The third-order valence-corrected chi connectivity index (χ3v) is 7.16. The summed E-state index contributed by atoms with van der Waals surface area (Å²) in [5, 5.41) is 1.15. The maximum absolute atomic E-state index is 13.9. The van der Waals surface area contributed by atoms with Crippen molar-refractivity contribution in [2.24, 2.45) is 11.8 Å². The Balaban J connectivity index is 1.74. The number of nitrogens with zero attached hydrogens (tertiary/aromatic N) is 4. The highest BCUT2D eigenvalue weighted by atomic mass is 16.7. The van der Waals surface area contributed by atoms with Gasteiger partial charge in [0.25, 0.3) is 11.8 Å². The molecule has 0 aliphatic carbocycles. The first-order valence-electron chi connectivity index (χ1n) is 13.5. The molecule has 3 amide bonds. The lowest BCUT2D eigenvalue weighted by Crippen LogP contribution is -2.64. The number of carbonyl (C=O) groups is 3. The van der Waals surface area contributed by atoms with E-state index in [2.05, 4.69) is 16.9 Å². The molecule has 0 saturated carbocycles. The zero-order valence-electron chi connectivity index (χ0n) is 22.9. The number of fused-ring (bicyclic) bond motifs is 1. The number of hydroxylamine groups is 2. The van der Waals surface area contributed by atoms with Gasteiger partial charge in [-0.3, -0.25) is 28.9 Å². The maximum Gasteiger partial charge on any atom is 0.276 e. The Hall–Kier alpha value is -3.24. The highest BCUT2D eigenvalue weighted by molar-refractivity contribution is 5.97. The second-order valence-electron chi connectivity index (χ2n) is 11.3. The van der Waals surface area contributed by atoms with Crippen LogP contribution in [0, 0.1) is 11.8 Å². The molecule has 1 aromatic heterocycles. The van der Waals surface area contributed by atoms with Gasteiger partial charge in [0.15, 0.2) is 11.9 Å². The smallest absolute Gasteiger partial charge is 0.276 e. The van der Waals surface area contributed by atoms with E-state index in [1.165, 1.54) is 23.1 Å². The normalized spacial score (nSPS) is 23.6. The fourth-order valence-corrected chi connectivity index (χ4v) is 5.23. The molecule has 1 N–H and O–H groups in total. The highest BCUT2D eigenvalue weighted by Crippen LogP contribution is 2.35. The predicted molar refractivity (Wildman–Crippen MR) is 143 cm³/mol. The molecule has 2 saturated heterocycles. The van der Waals surface area contributed by atoms with Crippen LogP contribution in [-0.2, 0) is 19.2 Å². The van der Waals surface area contributed by atoms with Crippen molar-refractivity contribution in [1.29, 1.82) is 0 Å². The number of carbonyl (C=O) groups excluding carboxylic acids is 3. The Morgan fingerprint density at radius 1 is 1.05 bits per heavy atom. The number of hydrogen-bond acceptors (Lipinski definition) is 6. The van der Waals surface area contributed by atoms with E-state index in [1.807, 2.05) is 27.7 Å². The minimum absolute atomic E-state index is 0.0200. The van der Waals surface area contributed by atoms with Crippen LogP contribution in [0.15, 0.2) is 41.1 Å². The molecular weight excluding hydrogens is 486 g/mol. The van der Waals surface area contributed by atoms with Crippen LogP contribution >= 0.6 is 0 Å². The summed E-state index contributed by atoms with van der Waals surface area (Å²) in [4.78, 5) is 66.9. The van der Waals surface area contributed by atoms with Gasteiger partial charge in [-0.1, -0.05) is 33.8 Å². The molecule has 0 aromatic carbocycles. The Bertz CT molecular complexity index is 1160. The molecule has 206 valence electrons. The summed E-state index contributed by atoms with van der Waals surface area (Å²) in [7, 11) is 2.06. The van der Waals surface area contributed by atoms with E-state index in [0.29, 0.717) is 18.5 Å². The van der Waals surface area contributed by atoms with Gasteiger partial charge >= 0.3 is 0 Å². The summed E-state index contributed by atoms with van der Waals surface area (Å²) >= 11 is 0. The van der Waals surface area contributed by atoms with Crippen molar-refractivity contribution < 1.29 is 19.2 Å². The first-order chi connectivity index (χ1) is 18.0. The minimum Gasteiger partial charge on any atom is -0.323 e. The van der Waals surface area contributed by atoms with Crippen LogP contribution in [0.4, 0.5) is 0 Å². The largest absolute Gasteiger partial charge is 0.323 e. The van der Waals surface area contributed by atoms with Gasteiger partial charge in [0, 0.05) is 23.9 Å². The number of nitrogens with one attached hydrogen (secondary N) is 1. The average molecular weight is 526 g/mol. The molecule has 3 aliphatic heterocycles. The second kappa shape index (κ2) is 11.7. The molecule has 4 heterocycles. The number of piperidine rings is 1.